The monoisotopic (exact) mass is 449 g/mol. The second-order valence-electron chi connectivity index (χ2n) is 7.29. The van der Waals surface area contributed by atoms with Crippen molar-refractivity contribution in [2.75, 3.05) is 6.61 Å². The molecule has 168 valence electrons. The van der Waals surface area contributed by atoms with Crippen molar-refractivity contribution in [3.8, 4) is 11.4 Å². The maximum Gasteiger partial charge on any atom is 0.294 e. The Hall–Kier alpha value is -4.38. The summed E-state index contributed by atoms with van der Waals surface area (Å²) in [5, 5.41) is 25.9. The van der Waals surface area contributed by atoms with E-state index in [1.807, 2.05) is 0 Å². The van der Waals surface area contributed by atoms with Crippen molar-refractivity contribution in [2.24, 2.45) is 0 Å². The Bertz CT molecular complexity index is 1410. The molecule has 0 saturated carbocycles. The van der Waals surface area contributed by atoms with E-state index in [-0.39, 0.29) is 41.3 Å². The summed E-state index contributed by atoms with van der Waals surface area (Å²) in [7, 11) is 0. The molecule has 0 bridgehead atoms. The number of aromatic nitrogens is 4. The van der Waals surface area contributed by atoms with Crippen LogP contribution in [-0.4, -0.2) is 47.9 Å². The molecule has 1 atom stereocenters. The van der Waals surface area contributed by atoms with E-state index < -0.39 is 16.6 Å². The van der Waals surface area contributed by atoms with E-state index in [1.54, 1.807) is 30.3 Å². The summed E-state index contributed by atoms with van der Waals surface area (Å²) >= 11 is 0. The highest BCUT2D eigenvalue weighted by Gasteiger charge is 2.19. The predicted molar refractivity (Wildman–Crippen MR) is 118 cm³/mol. The summed E-state index contributed by atoms with van der Waals surface area (Å²) in [6, 6.07) is 12.6. The van der Waals surface area contributed by atoms with Gasteiger partial charge in [0.25, 0.3) is 11.2 Å². The van der Waals surface area contributed by atoms with Crippen LogP contribution in [0.2, 0.25) is 0 Å². The van der Waals surface area contributed by atoms with Gasteiger partial charge in [0.2, 0.25) is 0 Å². The van der Waals surface area contributed by atoms with E-state index in [9.17, 15) is 24.8 Å². The average molecular weight is 449 g/mol. The molecule has 0 radical (unpaired) electrons. The number of fused-ring (bicyclic) bond motifs is 1. The van der Waals surface area contributed by atoms with Crippen LogP contribution in [0, 0.1) is 10.1 Å². The van der Waals surface area contributed by atoms with Crippen molar-refractivity contribution in [3.05, 3.63) is 87.1 Å². The summed E-state index contributed by atoms with van der Waals surface area (Å²) < 4.78 is 7.99. The molecule has 4 rings (SSSR count). The van der Waals surface area contributed by atoms with Gasteiger partial charge >= 0.3 is 0 Å². The fourth-order valence-corrected chi connectivity index (χ4v) is 3.33. The number of Topliss-reactive ketones (excluding diaryl/α,β-unsaturated/α-hetero) is 1. The van der Waals surface area contributed by atoms with Crippen LogP contribution >= 0.6 is 0 Å². The molecule has 11 nitrogen and oxygen atoms in total. The zero-order chi connectivity index (χ0) is 23.5. The van der Waals surface area contributed by atoms with Gasteiger partial charge in [0.15, 0.2) is 11.4 Å². The third-order valence-corrected chi connectivity index (χ3v) is 4.95. The highest BCUT2D eigenvalue weighted by Crippen LogP contribution is 2.24. The van der Waals surface area contributed by atoms with Crippen LogP contribution in [0.3, 0.4) is 0 Å². The van der Waals surface area contributed by atoms with Gasteiger partial charge in [0.1, 0.15) is 35.9 Å². The smallest absolute Gasteiger partial charge is 0.294 e. The van der Waals surface area contributed by atoms with Crippen molar-refractivity contribution in [1.82, 2.24) is 19.3 Å². The minimum Gasteiger partial charge on any atom is -0.491 e. The Morgan fingerprint density at radius 1 is 1.24 bits per heavy atom. The Labute approximate surface area is 186 Å². The lowest BCUT2D eigenvalue weighted by Crippen LogP contribution is -2.30. The third-order valence-electron chi connectivity index (χ3n) is 4.95. The highest BCUT2D eigenvalue weighted by atomic mass is 16.6. The van der Waals surface area contributed by atoms with Gasteiger partial charge in [-0.05, 0) is 25.1 Å². The van der Waals surface area contributed by atoms with Crippen molar-refractivity contribution in [1.29, 1.82) is 0 Å². The maximum absolute atomic E-state index is 12.9. The lowest BCUT2D eigenvalue weighted by atomic mass is 10.1. The lowest BCUT2D eigenvalue weighted by Gasteiger charge is -2.14. The molecule has 0 aliphatic rings. The average Bonchev–Trinajstić information content (AvgIpc) is 3.24. The second-order valence-corrected chi connectivity index (χ2v) is 7.29. The summed E-state index contributed by atoms with van der Waals surface area (Å²) in [4.78, 5) is 39.4. The quantitative estimate of drug-likeness (QED) is 0.245. The van der Waals surface area contributed by atoms with Gasteiger partial charge in [0, 0.05) is 11.6 Å². The molecule has 0 spiro atoms. The van der Waals surface area contributed by atoms with Crippen LogP contribution in [-0.2, 0) is 6.54 Å². The highest BCUT2D eigenvalue weighted by molar-refractivity contribution is 5.94. The zero-order valence-electron chi connectivity index (χ0n) is 17.5. The number of hydrogen-bond donors (Lipinski definition) is 1. The number of aliphatic hydroxyl groups is 1. The standard InChI is InChI=1S/C22H19N5O6/c1-14(28)15-5-4-6-17(9-15)33-12-16(29)11-25-13-23-21-18(22(25)30)10-24-26(21)19-7-2-3-8-20(19)27(31)32/h2-10,13,16,29H,11-12H2,1H3. The molecule has 0 amide bonds. The first kappa shape index (κ1) is 21.8. The minimum atomic E-state index is -1.03. The largest absolute Gasteiger partial charge is 0.491 e. The molecule has 0 fully saturated rings. The van der Waals surface area contributed by atoms with Gasteiger partial charge in [-0.3, -0.25) is 24.3 Å². The molecule has 2 aromatic heterocycles. The number of aliphatic hydroxyl groups excluding tert-OH is 1. The fraction of sp³-hybridized carbons (Fsp3) is 0.182. The number of ether oxygens (including phenoxy) is 1. The second kappa shape index (κ2) is 9.01. The van der Waals surface area contributed by atoms with E-state index in [0.29, 0.717) is 11.3 Å². The normalized spacial score (nSPS) is 11.9. The van der Waals surface area contributed by atoms with Crippen molar-refractivity contribution in [2.45, 2.75) is 19.6 Å². The van der Waals surface area contributed by atoms with Crippen LogP contribution in [0.5, 0.6) is 5.75 Å². The molecule has 1 unspecified atom stereocenters. The zero-order valence-corrected chi connectivity index (χ0v) is 17.5. The van der Waals surface area contributed by atoms with Crippen LogP contribution < -0.4 is 10.3 Å². The molecule has 2 heterocycles. The number of carbonyl (C=O) groups excluding carboxylic acids is 1. The number of benzene rings is 2. The fourth-order valence-electron chi connectivity index (χ4n) is 3.33. The Morgan fingerprint density at radius 3 is 2.79 bits per heavy atom. The number of hydrogen-bond acceptors (Lipinski definition) is 8. The number of rotatable bonds is 8. The van der Waals surface area contributed by atoms with Crippen LogP contribution in [0.25, 0.3) is 16.7 Å². The topological polar surface area (TPSA) is 142 Å². The number of nitro benzene ring substituents is 1. The first-order chi connectivity index (χ1) is 15.8. The molecule has 2 aromatic carbocycles. The maximum atomic E-state index is 12.9. The Kier molecular flexibility index (Phi) is 5.96. The SMILES string of the molecule is CC(=O)c1cccc(OCC(O)Cn2cnc3c(cnn3-c3ccccc3[N+](=O)[O-])c2=O)c1. The Morgan fingerprint density at radius 2 is 2.03 bits per heavy atom. The van der Waals surface area contributed by atoms with E-state index in [0.717, 1.165) is 0 Å². The van der Waals surface area contributed by atoms with Gasteiger partial charge in [-0.15, -0.1) is 0 Å². The van der Waals surface area contributed by atoms with Gasteiger partial charge in [-0.2, -0.15) is 5.10 Å². The van der Waals surface area contributed by atoms with Crippen LogP contribution in [0.15, 0.2) is 65.8 Å². The third kappa shape index (κ3) is 4.48. The van der Waals surface area contributed by atoms with Crippen molar-refractivity contribution >= 4 is 22.5 Å². The van der Waals surface area contributed by atoms with E-state index in [1.165, 1.54) is 46.9 Å². The van der Waals surface area contributed by atoms with Gasteiger partial charge in [-0.1, -0.05) is 24.3 Å². The molecule has 0 aliphatic heterocycles. The lowest BCUT2D eigenvalue weighted by molar-refractivity contribution is -0.384. The number of nitrogens with zero attached hydrogens (tertiary/aromatic N) is 5. The number of carbonyl (C=O) groups is 1. The molecule has 4 aromatic rings. The number of ketones is 1. The summed E-state index contributed by atoms with van der Waals surface area (Å²) in [6.45, 7) is 1.24. The van der Waals surface area contributed by atoms with Gasteiger partial charge in [-0.25, -0.2) is 9.67 Å². The summed E-state index contributed by atoms with van der Waals surface area (Å²) in [5.41, 5.74) is 0.210. The van der Waals surface area contributed by atoms with E-state index in [4.69, 9.17) is 4.74 Å². The molecule has 1 N–H and O–H groups in total. The van der Waals surface area contributed by atoms with Crippen molar-refractivity contribution in [3.63, 3.8) is 0 Å². The van der Waals surface area contributed by atoms with E-state index in [2.05, 4.69) is 10.1 Å². The molecular weight excluding hydrogens is 430 g/mol. The van der Waals surface area contributed by atoms with Crippen molar-refractivity contribution < 1.29 is 19.6 Å². The number of para-hydroxylation sites is 2. The van der Waals surface area contributed by atoms with Crippen LogP contribution in [0.4, 0.5) is 5.69 Å². The first-order valence-electron chi connectivity index (χ1n) is 9.94. The molecule has 11 heteroatoms. The summed E-state index contributed by atoms with van der Waals surface area (Å²) in [6.07, 6.45) is 1.50. The summed E-state index contributed by atoms with van der Waals surface area (Å²) in [5.74, 6) is 0.321. The van der Waals surface area contributed by atoms with Gasteiger partial charge in [0.05, 0.1) is 17.7 Å². The molecular formula is C22H19N5O6. The predicted octanol–water partition coefficient (Wildman–Crippen LogP) is 2.13. The first-order valence-corrected chi connectivity index (χ1v) is 9.94. The number of nitro groups is 1. The van der Waals surface area contributed by atoms with E-state index >= 15 is 0 Å². The molecule has 33 heavy (non-hydrogen) atoms. The molecule has 0 saturated heterocycles. The minimum absolute atomic E-state index is 0.0924. The Balaban J connectivity index is 1.54. The van der Waals surface area contributed by atoms with Gasteiger partial charge < -0.3 is 9.84 Å². The van der Waals surface area contributed by atoms with Crippen LogP contribution in [0.1, 0.15) is 17.3 Å². The molecule has 0 aliphatic carbocycles.